The van der Waals surface area contributed by atoms with Crippen LogP contribution in [0.5, 0.6) is 0 Å². The molecule has 0 aromatic carbocycles. The highest BCUT2D eigenvalue weighted by Gasteiger charge is 2.26. The maximum atomic E-state index is 12.1. The van der Waals surface area contributed by atoms with E-state index in [0.717, 1.165) is 0 Å². The normalized spacial score (nSPS) is 11.7. The molecule has 0 bridgehead atoms. The van der Waals surface area contributed by atoms with Gasteiger partial charge in [-0.3, -0.25) is 0 Å². The Hall–Kier alpha value is -0.505. The average Bonchev–Trinajstić information content (AvgIpc) is 2.66. The number of hydrogen-bond donors (Lipinski definition) is 2. The summed E-state index contributed by atoms with van der Waals surface area (Å²) in [6, 6.07) is 3.00. The number of furan rings is 1. The van der Waals surface area contributed by atoms with Crippen molar-refractivity contribution in [1.82, 2.24) is 0 Å². The zero-order valence-corrected chi connectivity index (χ0v) is 9.20. The summed E-state index contributed by atoms with van der Waals surface area (Å²) < 4.78 is 17.3. The highest BCUT2D eigenvalue weighted by molar-refractivity contribution is 7.71. The minimum atomic E-state index is -2.44. The molecule has 0 aliphatic carbocycles. The molecule has 0 aliphatic heterocycles. The maximum Gasteiger partial charge on any atom is 0.526 e. The van der Waals surface area contributed by atoms with E-state index >= 15 is 0 Å². The van der Waals surface area contributed by atoms with Crippen molar-refractivity contribution in [2.45, 2.75) is 13.8 Å². The molecule has 0 atom stereocenters. The molecule has 0 saturated heterocycles. The summed E-state index contributed by atoms with van der Waals surface area (Å²) >= 11 is 0. The quantitative estimate of drug-likeness (QED) is 0.548. The molecule has 0 radical (unpaired) electrons. The van der Waals surface area contributed by atoms with Crippen LogP contribution in [0.25, 0.3) is 0 Å². The van der Waals surface area contributed by atoms with Crippen molar-refractivity contribution in [2.75, 3.05) is 12.3 Å². The van der Waals surface area contributed by atoms with E-state index in [0.29, 0.717) is 17.8 Å². The Kier molecular flexibility index (Phi) is 3.59. The first-order valence-electron chi connectivity index (χ1n) is 4.58. The molecule has 0 unspecified atom stereocenters. The first-order chi connectivity index (χ1) is 6.53. The summed E-state index contributed by atoms with van der Waals surface area (Å²) in [7, 11) is -4.07. The third-order valence-corrected chi connectivity index (χ3v) is 5.38. The fourth-order valence-corrected chi connectivity index (χ4v) is 2.92. The molecule has 14 heavy (non-hydrogen) atoms. The molecule has 0 saturated carbocycles. The van der Waals surface area contributed by atoms with Gasteiger partial charge in [0, 0.05) is 12.3 Å². The van der Waals surface area contributed by atoms with Gasteiger partial charge in [-0.2, -0.15) is 0 Å². The van der Waals surface area contributed by atoms with Crippen molar-refractivity contribution in [1.29, 1.82) is 0 Å². The molecule has 6 heteroatoms. The zero-order chi connectivity index (χ0) is 10.8. The second-order valence-corrected chi connectivity index (χ2v) is 6.56. The van der Waals surface area contributed by atoms with E-state index in [2.05, 4.69) is 0 Å². The minimum Gasteiger partial charge on any atom is -0.462 e. The summed E-state index contributed by atoms with van der Waals surface area (Å²) in [5.74, 6) is 0. The Morgan fingerprint density at radius 1 is 1.36 bits per heavy atom. The van der Waals surface area contributed by atoms with Gasteiger partial charge in [-0.05, 0) is 12.1 Å². The van der Waals surface area contributed by atoms with Crippen LogP contribution in [0.3, 0.4) is 0 Å². The van der Waals surface area contributed by atoms with Gasteiger partial charge in [0.05, 0.1) is 0 Å². The van der Waals surface area contributed by atoms with Gasteiger partial charge in [-0.1, -0.05) is 13.8 Å². The van der Waals surface area contributed by atoms with E-state index in [1.165, 1.54) is 6.07 Å². The SMILES string of the molecule is CCP(=O)(CC)c1ccc(B(O)O)o1. The highest BCUT2D eigenvalue weighted by atomic mass is 31.2. The molecule has 1 aromatic heterocycles. The first-order valence-corrected chi connectivity index (χ1v) is 6.65. The van der Waals surface area contributed by atoms with E-state index in [1.54, 1.807) is 6.07 Å². The molecule has 4 nitrogen and oxygen atoms in total. The summed E-state index contributed by atoms with van der Waals surface area (Å²) in [6.45, 7) is 3.67. The lowest BCUT2D eigenvalue weighted by atomic mass is 9.88. The third kappa shape index (κ3) is 2.11. The predicted molar refractivity (Wildman–Crippen MR) is 56.9 cm³/mol. The summed E-state index contributed by atoms with van der Waals surface area (Å²) in [5.41, 5.74) is 0.424. The molecular formula is C8H14BO4P. The van der Waals surface area contributed by atoms with Crippen LogP contribution in [0, 0.1) is 0 Å². The Balaban J connectivity index is 3.02. The molecule has 0 spiro atoms. The fraction of sp³-hybridized carbons (Fsp3) is 0.500. The van der Waals surface area contributed by atoms with Gasteiger partial charge in [-0.15, -0.1) is 0 Å². The Morgan fingerprint density at radius 2 is 1.93 bits per heavy atom. The highest BCUT2D eigenvalue weighted by Crippen LogP contribution is 2.42. The second kappa shape index (κ2) is 4.34. The Morgan fingerprint density at radius 3 is 2.29 bits per heavy atom. The topological polar surface area (TPSA) is 70.7 Å². The lowest BCUT2D eigenvalue weighted by Crippen LogP contribution is -2.28. The van der Waals surface area contributed by atoms with Gasteiger partial charge >= 0.3 is 7.12 Å². The molecule has 78 valence electrons. The van der Waals surface area contributed by atoms with E-state index in [4.69, 9.17) is 14.5 Å². The summed E-state index contributed by atoms with van der Waals surface area (Å²) in [4.78, 5) is 0. The molecule has 1 heterocycles. The van der Waals surface area contributed by atoms with Crippen molar-refractivity contribution < 1.29 is 19.0 Å². The van der Waals surface area contributed by atoms with E-state index in [-0.39, 0.29) is 5.66 Å². The molecular weight excluding hydrogens is 202 g/mol. The van der Waals surface area contributed by atoms with Crippen LogP contribution >= 0.6 is 7.14 Å². The van der Waals surface area contributed by atoms with Gasteiger partial charge < -0.3 is 19.0 Å². The smallest absolute Gasteiger partial charge is 0.462 e. The van der Waals surface area contributed by atoms with Gasteiger partial charge in [0.1, 0.15) is 12.8 Å². The third-order valence-electron chi connectivity index (χ3n) is 2.29. The van der Waals surface area contributed by atoms with Crippen LogP contribution < -0.4 is 11.2 Å². The Labute approximate surface area is 83.5 Å². The van der Waals surface area contributed by atoms with Crippen molar-refractivity contribution in [2.24, 2.45) is 0 Å². The summed E-state index contributed by atoms with van der Waals surface area (Å²) in [6.07, 6.45) is 1.05. The largest absolute Gasteiger partial charge is 0.526 e. The van der Waals surface area contributed by atoms with Crippen molar-refractivity contribution >= 4 is 25.4 Å². The number of hydrogen-bond acceptors (Lipinski definition) is 4. The number of rotatable bonds is 4. The van der Waals surface area contributed by atoms with E-state index in [9.17, 15) is 4.57 Å². The molecule has 0 fully saturated rings. The average molecular weight is 216 g/mol. The Bertz CT molecular complexity index is 339. The summed E-state index contributed by atoms with van der Waals surface area (Å²) in [5, 5.41) is 17.6. The zero-order valence-electron chi connectivity index (χ0n) is 8.30. The van der Waals surface area contributed by atoms with Crippen LogP contribution in [0.15, 0.2) is 16.5 Å². The first kappa shape index (κ1) is 11.6. The van der Waals surface area contributed by atoms with Crippen LogP contribution in [0.1, 0.15) is 13.8 Å². The van der Waals surface area contributed by atoms with Crippen molar-refractivity contribution in [3.05, 3.63) is 12.1 Å². The monoisotopic (exact) mass is 216 g/mol. The maximum absolute atomic E-state index is 12.1. The molecule has 1 rings (SSSR count). The molecule has 0 amide bonds. The van der Waals surface area contributed by atoms with Crippen molar-refractivity contribution in [3.63, 3.8) is 0 Å². The lowest BCUT2D eigenvalue weighted by Gasteiger charge is -2.10. The second-order valence-electron chi connectivity index (χ2n) is 3.07. The van der Waals surface area contributed by atoms with E-state index in [1.807, 2.05) is 13.8 Å². The predicted octanol–water partition coefficient (Wildman–Crippen LogP) is -0.0124. The fourth-order valence-electron chi connectivity index (χ4n) is 1.24. The van der Waals surface area contributed by atoms with Crippen molar-refractivity contribution in [3.8, 4) is 0 Å². The van der Waals surface area contributed by atoms with E-state index < -0.39 is 14.3 Å². The lowest BCUT2D eigenvalue weighted by molar-refractivity contribution is 0.411. The van der Waals surface area contributed by atoms with Crippen LogP contribution in [0.2, 0.25) is 0 Å². The van der Waals surface area contributed by atoms with Gasteiger partial charge in [-0.25, -0.2) is 0 Å². The van der Waals surface area contributed by atoms with Crippen LogP contribution in [-0.2, 0) is 4.57 Å². The minimum absolute atomic E-state index is 0.0436. The van der Waals surface area contributed by atoms with Gasteiger partial charge in [0.15, 0.2) is 5.50 Å². The van der Waals surface area contributed by atoms with Crippen LogP contribution in [0.4, 0.5) is 0 Å². The van der Waals surface area contributed by atoms with Gasteiger partial charge in [0.25, 0.3) is 0 Å². The molecule has 0 aliphatic rings. The molecule has 2 N–H and O–H groups in total. The van der Waals surface area contributed by atoms with Crippen LogP contribution in [-0.4, -0.2) is 29.5 Å². The molecule has 1 aromatic rings. The van der Waals surface area contributed by atoms with Gasteiger partial charge in [0.2, 0.25) is 0 Å². The standard InChI is InChI=1S/C8H14BO4P/c1-3-14(12,4-2)8-6-5-7(13-8)9(10)11/h5-6,10-11H,3-4H2,1-2H3.